The molecule has 9 heteroatoms. The van der Waals surface area contributed by atoms with Crippen LogP contribution in [0.5, 0.6) is 0 Å². The maximum Gasteiger partial charge on any atom is 0.243 e. The predicted molar refractivity (Wildman–Crippen MR) is 85.2 cm³/mol. The normalized spacial score (nSPS) is 13.6. The van der Waals surface area contributed by atoms with Gasteiger partial charge < -0.3 is 10.6 Å². The molecule has 1 aliphatic rings. The first-order valence-corrected chi connectivity index (χ1v) is 8.33. The first-order valence-electron chi connectivity index (χ1n) is 6.36. The quantitative estimate of drug-likeness (QED) is 0.855. The molecular weight excluding hydrogens is 332 g/mol. The lowest BCUT2D eigenvalue weighted by atomic mass is 10.3. The molecule has 0 saturated heterocycles. The zero-order chi connectivity index (χ0) is 15.9. The Labute approximate surface area is 134 Å². The molecule has 0 saturated carbocycles. The minimum absolute atomic E-state index is 0.129. The van der Waals surface area contributed by atoms with E-state index in [-0.39, 0.29) is 23.9 Å². The third kappa shape index (κ3) is 5.30. The summed E-state index contributed by atoms with van der Waals surface area (Å²) in [4.78, 5) is 27.4. The SMILES string of the molecule is O=C(CSC1=NCCS1)NCC(=O)Nc1ccc(F)c(F)c1. The van der Waals surface area contributed by atoms with Gasteiger partial charge >= 0.3 is 0 Å². The molecule has 118 valence electrons. The summed E-state index contributed by atoms with van der Waals surface area (Å²) >= 11 is 2.93. The Morgan fingerprint density at radius 2 is 2.09 bits per heavy atom. The van der Waals surface area contributed by atoms with Crippen molar-refractivity contribution in [1.29, 1.82) is 0 Å². The smallest absolute Gasteiger partial charge is 0.243 e. The van der Waals surface area contributed by atoms with Crippen LogP contribution in [0.4, 0.5) is 14.5 Å². The number of rotatable bonds is 5. The Morgan fingerprint density at radius 1 is 1.27 bits per heavy atom. The molecule has 0 fully saturated rings. The highest BCUT2D eigenvalue weighted by molar-refractivity contribution is 8.39. The average molecular weight is 345 g/mol. The molecule has 5 nitrogen and oxygen atoms in total. The lowest BCUT2D eigenvalue weighted by molar-refractivity contribution is -0.122. The summed E-state index contributed by atoms with van der Waals surface area (Å²) in [6.07, 6.45) is 0. The van der Waals surface area contributed by atoms with Crippen LogP contribution < -0.4 is 10.6 Å². The molecule has 0 aliphatic carbocycles. The van der Waals surface area contributed by atoms with Crippen molar-refractivity contribution in [3.63, 3.8) is 0 Å². The molecular formula is C13H13F2N3O2S2. The number of amides is 2. The zero-order valence-corrected chi connectivity index (χ0v) is 13.0. The second-order valence-corrected chi connectivity index (χ2v) is 6.54. The van der Waals surface area contributed by atoms with E-state index in [1.54, 1.807) is 11.8 Å². The molecule has 0 unspecified atom stereocenters. The van der Waals surface area contributed by atoms with E-state index in [0.717, 1.165) is 28.8 Å². The number of hydrogen-bond donors (Lipinski definition) is 2. The highest BCUT2D eigenvalue weighted by Crippen LogP contribution is 2.21. The monoisotopic (exact) mass is 345 g/mol. The van der Waals surface area contributed by atoms with Crippen LogP contribution >= 0.6 is 23.5 Å². The molecule has 0 atom stereocenters. The van der Waals surface area contributed by atoms with Crippen molar-refractivity contribution in [2.24, 2.45) is 4.99 Å². The Balaban J connectivity index is 1.70. The number of aliphatic imine (C=N–C) groups is 1. The molecule has 0 aromatic heterocycles. The Bertz CT molecular complexity index is 611. The van der Waals surface area contributed by atoms with Crippen LogP contribution in [0.15, 0.2) is 23.2 Å². The average Bonchev–Trinajstić information content (AvgIpc) is 3.00. The van der Waals surface area contributed by atoms with Crippen LogP contribution in [-0.2, 0) is 9.59 Å². The number of hydrogen-bond acceptors (Lipinski definition) is 5. The highest BCUT2D eigenvalue weighted by Gasteiger charge is 2.12. The molecule has 2 rings (SSSR count). The maximum absolute atomic E-state index is 13.0. The van der Waals surface area contributed by atoms with E-state index in [9.17, 15) is 18.4 Å². The molecule has 0 bridgehead atoms. The number of carbonyl (C=O) groups is 2. The fraction of sp³-hybridized carbons (Fsp3) is 0.308. The minimum Gasteiger partial charge on any atom is -0.346 e. The van der Waals surface area contributed by atoms with Crippen LogP contribution in [0.25, 0.3) is 0 Å². The van der Waals surface area contributed by atoms with Gasteiger partial charge in [-0.05, 0) is 12.1 Å². The van der Waals surface area contributed by atoms with Gasteiger partial charge in [-0.15, -0.1) is 0 Å². The van der Waals surface area contributed by atoms with Crippen molar-refractivity contribution in [1.82, 2.24) is 5.32 Å². The van der Waals surface area contributed by atoms with E-state index in [4.69, 9.17) is 0 Å². The predicted octanol–water partition coefficient (Wildman–Crippen LogP) is 1.86. The molecule has 1 aliphatic heterocycles. The van der Waals surface area contributed by atoms with Crippen LogP contribution in [0.2, 0.25) is 0 Å². The summed E-state index contributed by atoms with van der Waals surface area (Å²) in [5.41, 5.74) is 0.129. The molecule has 1 aromatic carbocycles. The largest absolute Gasteiger partial charge is 0.346 e. The molecule has 0 radical (unpaired) electrons. The van der Waals surface area contributed by atoms with Crippen molar-refractivity contribution in [3.05, 3.63) is 29.8 Å². The van der Waals surface area contributed by atoms with Gasteiger partial charge in [-0.1, -0.05) is 23.5 Å². The number of halogens is 2. The number of benzene rings is 1. The summed E-state index contributed by atoms with van der Waals surface area (Å²) < 4.78 is 26.6. The standard InChI is InChI=1S/C13H13F2N3O2S2/c14-9-2-1-8(5-10(9)15)18-11(19)6-17-12(20)7-22-13-16-3-4-21-13/h1-2,5H,3-4,6-7H2,(H,17,20)(H,18,19). The van der Waals surface area contributed by atoms with Gasteiger partial charge in [0.1, 0.15) is 4.38 Å². The Hall–Kier alpha value is -1.61. The summed E-state index contributed by atoms with van der Waals surface area (Å²) in [6, 6.07) is 3.03. The van der Waals surface area contributed by atoms with Gasteiger partial charge in [0.15, 0.2) is 11.6 Å². The fourth-order valence-corrected chi connectivity index (χ4v) is 3.38. The van der Waals surface area contributed by atoms with Crippen LogP contribution in [0, 0.1) is 11.6 Å². The van der Waals surface area contributed by atoms with E-state index in [0.29, 0.717) is 0 Å². The summed E-state index contributed by atoms with van der Waals surface area (Å²) in [7, 11) is 0. The topological polar surface area (TPSA) is 70.6 Å². The zero-order valence-electron chi connectivity index (χ0n) is 11.4. The van der Waals surface area contributed by atoms with E-state index in [2.05, 4.69) is 15.6 Å². The van der Waals surface area contributed by atoms with E-state index >= 15 is 0 Å². The van der Waals surface area contributed by atoms with Crippen LogP contribution in [0.3, 0.4) is 0 Å². The number of anilines is 1. The summed E-state index contributed by atoms with van der Waals surface area (Å²) in [5, 5.41) is 4.82. The van der Waals surface area contributed by atoms with Crippen molar-refractivity contribution in [2.75, 3.05) is 29.9 Å². The minimum atomic E-state index is -1.05. The maximum atomic E-state index is 13.0. The second kappa shape index (κ2) is 8.14. The van der Waals surface area contributed by atoms with Gasteiger partial charge in [-0.2, -0.15) is 0 Å². The van der Waals surface area contributed by atoms with Gasteiger partial charge in [0, 0.05) is 17.5 Å². The Morgan fingerprint density at radius 3 is 2.77 bits per heavy atom. The van der Waals surface area contributed by atoms with Gasteiger partial charge in [-0.25, -0.2) is 8.78 Å². The molecule has 22 heavy (non-hydrogen) atoms. The van der Waals surface area contributed by atoms with Crippen molar-refractivity contribution >= 4 is 45.4 Å². The summed E-state index contributed by atoms with van der Waals surface area (Å²) in [5.74, 6) is -1.73. The second-order valence-electron chi connectivity index (χ2n) is 4.24. The Kier molecular flexibility index (Phi) is 6.20. The third-order valence-electron chi connectivity index (χ3n) is 2.53. The number of thioether (sulfide) groups is 2. The molecule has 2 amide bonds. The number of carbonyl (C=O) groups excluding carboxylic acids is 2. The van der Waals surface area contributed by atoms with Crippen molar-refractivity contribution in [3.8, 4) is 0 Å². The van der Waals surface area contributed by atoms with Crippen molar-refractivity contribution in [2.45, 2.75) is 0 Å². The number of nitrogens with one attached hydrogen (secondary N) is 2. The van der Waals surface area contributed by atoms with Gasteiger partial charge in [-0.3, -0.25) is 14.6 Å². The first kappa shape index (κ1) is 16.8. The first-order chi connectivity index (χ1) is 10.5. The van der Waals surface area contributed by atoms with E-state index < -0.39 is 17.5 Å². The van der Waals surface area contributed by atoms with Gasteiger partial charge in [0.25, 0.3) is 0 Å². The van der Waals surface area contributed by atoms with Crippen molar-refractivity contribution < 1.29 is 18.4 Å². The number of nitrogens with zero attached hydrogens (tertiary/aromatic N) is 1. The highest BCUT2D eigenvalue weighted by atomic mass is 32.2. The van der Waals surface area contributed by atoms with Gasteiger partial charge in [0.2, 0.25) is 11.8 Å². The van der Waals surface area contributed by atoms with Crippen LogP contribution in [-0.4, -0.2) is 40.8 Å². The lowest BCUT2D eigenvalue weighted by Gasteiger charge is -2.07. The third-order valence-corrected chi connectivity index (χ3v) is 4.79. The fourth-order valence-electron chi connectivity index (χ4n) is 1.54. The molecule has 1 heterocycles. The summed E-state index contributed by atoms with van der Waals surface area (Å²) in [6.45, 7) is 0.531. The lowest BCUT2D eigenvalue weighted by Crippen LogP contribution is -2.34. The van der Waals surface area contributed by atoms with E-state index in [1.165, 1.54) is 17.8 Å². The molecule has 0 spiro atoms. The molecule has 2 N–H and O–H groups in total. The van der Waals surface area contributed by atoms with E-state index in [1.807, 2.05) is 0 Å². The van der Waals surface area contributed by atoms with Gasteiger partial charge in [0.05, 0.1) is 18.8 Å². The molecule has 1 aromatic rings. The van der Waals surface area contributed by atoms with Crippen LogP contribution in [0.1, 0.15) is 0 Å².